The summed E-state index contributed by atoms with van der Waals surface area (Å²) < 4.78 is 26.5. The first kappa shape index (κ1) is 12.8. The number of alkyl halides is 2. The van der Waals surface area contributed by atoms with Crippen LogP contribution in [0, 0.1) is 0 Å². The van der Waals surface area contributed by atoms with Crippen molar-refractivity contribution in [2.75, 3.05) is 6.61 Å². The summed E-state index contributed by atoms with van der Waals surface area (Å²) in [4.78, 5) is 0. The zero-order valence-electron chi connectivity index (χ0n) is 8.68. The molecule has 1 unspecified atom stereocenters. The van der Waals surface area contributed by atoms with Gasteiger partial charge in [-0.25, -0.2) is 0 Å². The van der Waals surface area contributed by atoms with Gasteiger partial charge in [0.25, 0.3) is 5.92 Å². The number of hydrogen-bond acceptors (Lipinski definition) is 2. The van der Waals surface area contributed by atoms with Crippen molar-refractivity contribution in [3.05, 3.63) is 48.0 Å². The smallest absolute Gasteiger partial charge is 0.292 e. The average molecular weight is 228 g/mol. The minimum absolute atomic E-state index is 0.121. The van der Waals surface area contributed by atoms with E-state index in [2.05, 4.69) is 0 Å². The Morgan fingerprint density at radius 3 is 2.44 bits per heavy atom. The van der Waals surface area contributed by atoms with E-state index in [4.69, 9.17) is 5.11 Å². The summed E-state index contributed by atoms with van der Waals surface area (Å²) in [6.45, 7) is -0.465. The van der Waals surface area contributed by atoms with Gasteiger partial charge in [-0.1, -0.05) is 36.4 Å². The summed E-state index contributed by atoms with van der Waals surface area (Å²) >= 11 is 0. The van der Waals surface area contributed by atoms with Crippen LogP contribution in [0.4, 0.5) is 8.78 Å². The molecule has 1 aromatic carbocycles. The Balaban J connectivity index is 2.64. The Morgan fingerprint density at radius 1 is 1.25 bits per heavy atom. The van der Waals surface area contributed by atoms with Gasteiger partial charge in [-0.15, -0.1) is 0 Å². The highest BCUT2D eigenvalue weighted by Gasteiger charge is 2.35. The molecule has 1 rings (SSSR count). The third-order valence-electron chi connectivity index (χ3n) is 2.16. The van der Waals surface area contributed by atoms with Crippen molar-refractivity contribution >= 4 is 0 Å². The van der Waals surface area contributed by atoms with Crippen LogP contribution in [0.15, 0.2) is 42.5 Å². The average Bonchev–Trinajstić information content (AvgIpc) is 2.28. The van der Waals surface area contributed by atoms with Gasteiger partial charge in [-0.3, -0.25) is 0 Å². The van der Waals surface area contributed by atoms with Crippen molar-refractivity contribution in [1.82, 2.24) is 0 Å². The Labute approximate surface area is 92.9 Å². The topological polar surface area (TPSA) is 40.5 Å². The predicted molar refractivity (Wildman–Crippen MR) is 57.3 cm³/mol. The SMILES string of the molecule is OC/C=C\C(F)(F)C(O)Cc1ccccc1. The van der Waals surface area contributed by atoms with E-state index in [-0.39, 0.29) is 6.42 Å². The highest BCUT2D eigenvalue weighted by molar-refractivity contribution is 5.17. The van der Waals surface area contributed by atoms with Gasteiger partial charge in [0.1, 0.15) is 6.10 Å². The number of hydrogen-bond donors (Lipinski definition) is 2. The van der Waals surface area contributed by atoms with E-state index < -0.39 is 18.6 Å². The Bertz CT molecular complexity index is 336. The van der Waals surface area contributed by atoms with E-state index in [1.807, 2.05) is 0 Å². The molecule has 0 spiro atoms. The fourth-order valence-corrected chi connectivity index (χ4v) is 1.29. The summed E-state index contributed by atoms with van der Waals surface area (Å²) in [5, 5.41) is 17.8. The molecule has 0 aliphatic carbocycles. The lowest BCUT2D eigenvalue weighted by atomic mass is 10.0. The molecule has 2 nitrogen and oxygen atoms in total. The largest absolute Gasteiger partial charge is 0.392 e. The second kappa shape index (κ2) is 5.72. The molecule has 0 aliphatic rings. The van der Waals surface area contributed by atoms with E-state index in [1.165, 1.54) is 0 Å². The normalized spacial score (nSPS) is 14.2. The van der Waals surface area contributed by atoms with Crippen LogP contribution in [-0.4, -0.2) is 28.8 Å². The van der Waals surface area contributed by atoms with Crippen LogP contribution in [0.1, 0.15) is 5.56 Å². The van der Waals surface area contributed by atoms with Crippen molar-refractivity contribution in [3.8, 4) is 0 Å². The fourth-order valence-electron chi connectivity index (χ4n) is 1.29. The van der Waals surface area contributed by atoms with Crippen molar-refractivity contribution in [1.29, 1.82) is 0 Å². The molecule has 16 heavy (non-hydrogen) atoms. The van der Waals surface area contributed by atoms with Crippen LogP contribution in [0.3, 0.4) is 0 Å². The van der Waals surface area contributed by atoms with Crippen LogP contribution in [0.2, 0.25) is 0 Å². The van der Waals surface area contributed by atoms with Crippen LogP contribution in [0.25, 0.3) is 0 Å². The van der Waals surface area contributed by atoms with Crippen LogP contribution < -0.4 is 0 Å². The third kappa shape index (κ3) is 3.72. The van der Waals surface area contributed by atoms with E-state index in [9.17, 15) is 13.9 Å². The molecule has 0 aliphatic heterocycles. The summed E-state index contributed by atoms with van der Waals surface area (Å²) in [5.41, 5.74) is 0.645. The van der Waals surface area contributed by atoms with Crippen LogP contribution in [-0.2, 0) is 6.42 Å². The van der Waals surface area contributed by atoms with Crippen molar-refractivity contribution < 1.29 is 19.0 Å². The van der Waals surface area contributed by atoms with Gasteiger partial charge >= 0.3 is 0 Å². The molecule has 0 saturated carbocycles. The van der Waals surface area contributed by atoms with E-state index in [0.29, 0.717) is 11.6 Å². The molecule has 1 atom stereocenters. The first-order valence-corrected chi connectivity index (χ1v) is 4.94. The second-order valence-electron chi connectivity index (χ2n) is 3.46. The second-order valence-corrected chi connectivity index (χ2v) is 3.46. The maximum Gasteiger partial charge on any atom is 0.292 e. The van der Waals surface area contributed by atoms with Crippen LogP contribution >= 0.6 is 0 Å². The lowest BCUT2D eigenvalue weighted by Crippen LogP contribution is -2.33. The predicted octanol–water partition coefficient (Wildman–Crippen LogP) is 1.77. The number of benzene rings is 1. The van der Waals surface area contributed by atoms with Crippen molar-refractivity contribution in [3.63, 3.8) is 0 Å². The molecule has 0 saturated heterocycles. The molecule has 1 aromatic rings. The number of halogens is 2. The maximum atomic E-state index is 13.2. The molecule has 2 N–H and O–H groups in total. The lowest BCUT2D eigenvalue weighted by Gasteiger charge is -2.19. The van der Waals surface area contributed by atoms with Crippen molar-refractivity contribution in [2.24, 2.45) is 0 Å². The standard InChI is InChI=1S/C12H14F2O2/c13-12(14,7-4-8-15)11(16)9-10-5-2-1-3-6-10/h1-7,11,15-16H,8-9H2/b7-4-. The number of aliphatic hydroxyl groups is 2. The Hall–Kier alpha value is -1.26. The van der Waals surface area contributed by atoms with Gasteiger partial charge in [-0.05, 0) is 11.6 Å². The van der Waals surface area contributed by atoms with Gasteiger partial charge in [0.2, 0.25) is 0 Å². The first-order valence-electron chi connectivity index (χ1n) is 4.94. The van der Waals surface area contributed by atoms with Crippen LogP contribution in [0.5, 0.6) is 0 Å². The van der Waals surface area contributed by atoms with Gasteiger partial charge in [-0.2, -0.15) is 8.78 Å². The van der Waals surface area contributed by atoms with E-state index in [1.54, 1.807) is 30.3 Å². The molecule has 0 fully saturated rings. The number of rotatable bonds is 5. The quantitative estimate of drug-likeness (QED) is 0.754. The van der Waals surface area contributed by atoms with Gasteiger partial charge < -0.3 is 10.2 Å². The number of aliphatic hydroxyl groups excluding tert-OH is 2. The third-order valence-corrected chi connectivity index (χ3v) is 2.16. The maximum absolute atomic E-state index is 13.2. The highest BCUT2D eigenvalue weighted by atomic mass is 19.3. The van der Waals surface area contributed by atoms with E-state index in [0.717, 1.165) is 6.08 Å². The summed E-state index contributed by atoms with van der Waals surface area (Å²) in [6.07, 6.45) is -0.448. The zero-order valence-corrected chi connectivity index (χ0v) is 8.68. The minimum Gasteiger partial charge on any atom is -0.392 e. The first-order chi connectivity index (χ1) is 7.56. The minimum atomic E-state index is -3.32. The molecule has 0 aromatic heterocycles. The molecule has 4 heteroatoms. The summed E-state index contributed by atoms with van der Waals surface area (Å²) in [5.74, 6) is -3.32. The van der Waals surface area contributed by atoms with Gasteiger partial charge in [0, 0.05) is 6.42 Å². The molecular weight excluding hydrogens is 214 g/mol. The Kier molecular flexibility index (Phi) is 4.58. The Morgan fingerprint density at radius 2 is 1.88 bits per heavy atom. The summed E-state index contributed by atoms with van der Waals surface area (Å²) in [6, 6.07) is 8.58. The highest BCUT2D eigenvalue weighted by Crippen LogP contribution is 2.23. The van der Waals surface area contributed by atoms with E-state index >= 15 is 0 Å². The molecule has 0 radical (unpaired) electrons. The molecular formula is C12H14F2O2. The molecule has 88 valence electrons. The fraction of sp³-hybridized carbons (Fsp3) is 0.333. The zero-order chi connectivity index (χ0) is 12.0. The van der Waals surface area contributed by atoms with Crippen molar-refractivity contribution in [2.45, 2.75) is 18.4 Å². The van der Waals surface area contributed by atoms with Gasteiger partial charge in [0.15, 0.2) is 0 Å². The molecule has 0 amide bonds. The summed E-state index contributed by atoms with van der Waals surface area (Å²) in [7, 11) is 0. The lowest BCUT2D eigenvalue weighted by molar-refractivity contribution is -0.0687. The van der Waals surface area contributed by atoms with Gasteiger partial charge in [0.05, 0.1) is 6.61 Å². The molecule has 0 bridgehead atoms. The monoisotopic (exact) mass is 228 g/mol. The molecule has 0 heterocycles.